The van der Waals surface area contributed by atoms with Gasteiger partial charge in [-0.2, -0.15) is 5.26 Å². The Labute approximate surface area is 180 Å². The van der Waals surface area contributed by atoms with Gasteiger partial charge in [-0.15, -0.1) is 0 Å². The van der Waals surface area contributed by atoms with Crippen molar-refractivity contribution in [1.82, 2.24) is 24.9 Å². The predicted molar refractivity (Wildman–Crippen MR) is 119 cm³/mol. The van der Waals surface area contributed by atoms with Crippen LogP contribution in [0.5, 0.6) is 0 Å². The van der Waals surface area contributed by atoms with Crippen molar-refractivity contribution in [3.05, 3.63) is 78.1 Å². The summed E-state index contributed by atoms with van der Waals surface area (Å²) >= 11 is 0. The Morgan fingerprint density at radius 3 is 2.58 bits per heavy atom. The number of hydrogen-bond acceptors (Lipinski definition) is 7. The van der Waals surface area contributed by atoms with Crippen molar-refractivity contribution >= 4 is 5.82 Å². The highest BCUT2D eigenvalue weighted by atomic mass is 15.0. The Balaban J connectivity index is 1.61. The minimum absolute atomic E-state index is 0.396. The van der Waals surface area contributed by atoms with E-state index in [1.54, 1.807) is 30.7 Å². The largest absolute Gasteiger partial charge is 0.368 e. The molecular formula is C23H22N8. The van der Waals surface area contributed by atoms with E-state index in [1.807, 2.05) is 6.07 Å². The third-order valence-electron chi connectivity index (χ3n) is 4.92. The Morgan fingerprint density at radius 1 is 1.10 bits per heavy atom. The average molecular weight is 410 g/mol. The second-order valence-electron chi connectivity index (χ2n) is 7.01. The fourth-order valence-corrected chi connectivity index (χ4v) is 3.15. The Bertz CT molecular complexity index is 1180. The van der Waals surface area contributed by atoms with Crippen molar-refractivity contribution in [1.29, 1.82) is 5.26 Å². The first kappa shape index (κ1) is 20.2. The first-order chi connectivity index (χ1) is 15.2. The number of aromatic nitrogens is 5. The molecule has 1 unspecified atom stereocenters. The van der Waals surface area contributed by atoms with Crippen molar-refractivity contribution in [2.24, 2.45) is 5.73 Å². The third kappa shape index (κ3) is 4.57. The van der Waals surface area contributed by atoms with Crippen LogP contribution in [0.4, 0.5) is 5.82 Å². The van der Waals surface area contributed by atoms with Gasteiger partial charge < -0.3 is 16.0 Å². The second kappa shape index (κ2) is 9.15. The van der Waals surface area contributed by atoms with Crippen molar-refractivity contribution < 1.29 is 0 Å². The standard InChI is InChI=1S/C23H22N8/c1-2-15-3-6-17(7-4-15)21-18(22-26-9-10-27-22)13-30-23(31-21)19(25)14-29-20-8-5-16(11-24)12-28-20/h3-10,12-13,19H,2,14,25H2,1H3,(H,26,27)(H,28,29). The van der Waals surface area contributed by atoms with E-state index in [4.69, 9.17) is 16.0 Å². The summed E-state index contributed by atoms with van der Waals surface area (Å²) in [5, 5.41) is 12.0. The summed E-state index contributed by atoms with van der Waals surface area (Å²) in [5.74, 6) is 1.86. The van der Waals surface area contributed by atoms with Gasteiger partial charge in [-0.05, 0) is 24.1 Å². The van der Waals surface area contributed by atoms with Gasteiger partial charge in [-0.25, -0.2) is 19.9 Å². The molecule has 0 saturated heterocycles. The SMILES string of the molecule is CCc1ccc(-c2nc(C(N)CNc3ccc(C#N)cn3)ncc2-c2ncc[nH]2)cc1. The molecule has 0 aliphatic carbocycles. The molecule has 3 aromatic heterocycles. The minimum atomic E-state index is -0.447. The van der Waals surface area contributed by atoms with Crippen LogP contribution in [0.3, 0.4) is 0 Å². The Morgan fingerprint density at radius 2 is 1.94 bits per heavy atom. The summed E-state index contributed by atoms with van der Waals surface area (Å²) in [5.41, 5.74) is 10.7. The summed E-state index contributed by atoms with van der Waals surface area (Å²) in [7, 11) is 0. The van der Waals surface area contributed by atoms with Gasteiger partial charge in [0.05, 0.1) is 22.9 Å². The molecule has 0 aliphatic rings. The van der Waals surface area contributed by atoms with E-state index in [1.165, 1.54) is 11.8 Å². The Hall–Kier alpha value is -4.09. The normalized spacial score (nSPS) is 11.6. The van der Waals surface area contributed by atoms with Crippen molar-refractivity contribution in [2.75, 3.05) is 11.9 Å². The lowest BCUT2D eigenvalue weighted by Crippen LogP contribution is -2.23. The molecule has 154 valence electrons. The third-order valence-corrected chi connectivity index (χ3v) is 4.92. The fourth-order valence-electron chi connectivity index (χ4n) is 3.15. The Kier molecular flexibility index (Phi) is 5.96. The number of imidazole rings is 1. The van der Waals surface area contributed by atoms with Gasteiger partial charge in [-0.3, -0.25) is 0 Å². The van der Waals surface area contributed by atoms with E-state index >= 15 is 0 Å². The highest BCUT2D eigenvalue weighted by molar-refractivity contribution is 5.76. The van der Waals surface area contributed by atoms with Crippen LogP contribution in [0.1, 0.15) is 29.9 Å². The zero-order valence-electron chi connectivity index (χ0n) is 17.1. The van der Waals surface area contributed by atoms with Crippen LogP contribution in [-0.4, -0.2) is 31.5 Å². The summed E-state index contributed by atoms with van der Waals surface area (Å²) in [4.78, 5) is 21.0. The van der Waals surface area contributed by atoms with Crippen LogP contribution in [-0.2, 0) is 6.42 Å². The summed E-state index contributed by atoms with van der Waals surface area (Å²) < 4.78 is 0. The molecule has 1 atom stereocenters. The summed E-state index contributed by atoms with van der Waals surface area (Å²) in [6.45, 7) is 2.52. The van der Waals surface area contributed by atoms with Crippen LogP contribution in [0.2, 0.25) is 0 Å². The smallest absolute Gasteiger partial charge is 0.147 e. The molecule has 0 aliphatic heterocycles. The molecule has 0 saturated carbocycles. The van der Waals surface area contributed by atoms with Gasteiger partial charge in [-0.1, -0.05) is 31.2 Å². The van der Waals surface area contributed by atoms with E-state index < -0.39 is 6.04 Å². The molecule has 3 heterocycles. The number of nitrogens with one attached hydrogen (secondary N) is 2. The average Bonchev–Trinajstić information content (AvgIpc) is 3.37. The van der Waals surface area contributed by atoms with Crippen molar-refractivity contribution in [2.45, 2.75) is 19.4 Å². The number of anilines is 1. The number of rotatable bonds is 7. The van der Waals surface area contributed by atoms with Gasteiger partial charge in [0.25, 0.3) is 0 Å². The molecular weight excluding hydrogens is 388 g/mol. The zero-order chi connectivity index (χ0) is 21.6. The van der Waals surface area contributed by atoms with Gasteiger partial charge >= 0.3 is 0 Å². The van der Waals surface area contributed by atoms with E-state index in [-0.39, 0.29) is 0 Å². The van der Waals surface area contributed by atoms with E-state index in [9.17, 15) is 0 Å². The van der Waals surface area contributed by atoms with Gasteiger partial charge in [0.2, 0.25) is 0 Å². The minimum Gasteiger partial charge on any atom is -0.368 e. The van der Waals surface area contributed by atoms with Crippen LogP contribution >= 0.6 is 0 Å². The molecule has 8 heteroatoms. The first-order valence-electron chi connectivity index (χ1n) is 9.99. The lowest BCUT2D eigenvalue weighted by Gasteiger charge is -2.15. The van der Waals surface area contributed by atoms with Crippen molar-refractivity contribution in [3.63, 3.8) is 0 Å². The van der Waals surface area contributed by atoms with Gasteiger partial charge in [0, 0.05) is 36.9 Å². The van der Waals surface area contributed by atoms with E-state index in [2.05, 4.69) is 56.4 Å². The van der Waals surface area contributed by atoms with E-state index in [0.717, 1.165) is 23.2 Å². The maximum Gasteiger partial charge on any atom is 0.147 e. The van der Waals surface area contributed by atoms with Crippen molar-refractivity contribution in [3.8, 4) is 28.7 Å². The number of H-pyrrole nitrogens is 1. The number of nitrogens with zero attached hydrogens (tertiary/aromatic N) is 5. The van der Waals surface area contributed by atoms with Crippen LogP contribution in [0.25, 0.3) is 22.6 Å². The monoisotopic (exact) mass is 410 g/mol. The second-order valence-corrected chi connectivity index (χ2v) is 7.01. The molecule has 31 heavy (non-hydrogen) atoms. The molecule has 8 nitrogen and oxygen atoms in total. The number of hydrogen-bond donors (Lipinski definition) is 3. The molecule has 4 rings (SSSR count). The number of nitriles is 1. The molecule has 0 amide bonds. The fraction of sp³-hybridized carbons (Fsp3) is 0.174. The number of benzene rings is 1. The predicted octanol–water partition coefficient (Wildman–Crippen LogP) is 3.47. The molecule has 4 aromatic rings. The lowest BCUT2D eigenvalue weighted by molar-refractivity contribution is 0.701. The molecule has 4 N–H and O–H groups in total. The number of aromatic amines is 1. The zero-order valence-corrected chi connectivity index (χ0v) is 17.1. The molecule has 0 fully saturated rings. The molecule has 1 aromatic carbocycles. The van der Waals surface area contributed by atoms with Gasteiger partial charge in [0.15, 0.2) is 0 Å². The molecule has 0 spiro atoms. The maximum absolute atomic E-state index is 8.88. The number of nitrogens with two attached hydrogens (primary N) is 1. The lowest BCUT2D eigenvalue weighted by atomic mass is 10.0. The highest BCUT2D eigenvalue weighted by Gasteiger charge is 2.17. The van der Waals surface area contributed by atoms with Crippen LogP contribution in [0, 0.1) is 11.3 Å². The number of pyridine rings is 1. The van der Waals surface area contributed by atoms with Crippen LogP contribution < -0.4 is 11.1 Å². The summed E-state index contributed by atoms with van der Waals surface area (Å²) in [6, 6.07) is 13.4. The topological polar surface area (TPSA) is 129 Å². The first-order valence-corrected chi connectivity index (χ1v) is 9.99. The van der Waals surface area contributed by atoms with Gasteiger partial charge in [0.1, 0.15) is 23.5 Å². The number of aryl methyl sites for hydroxylation is 1. The highest BCUT2D eigenvalue weighted by Crippen LogP contribution is 2.29. The quantitative estimate of drug-likeness (QED) is 0.425. The molecule has 0 bridgehead atoms. The maximum atomic E-state index is 8.88. The summed E-state index contributed by atoms with van der Waals surface area (Å²) in [6.07, 6.45) is 7.71. The molecule has 0 radical (unpaired) electrons. The van der Waals surface area contributed by atoms with E-state index in [0.29, 0.717) is 29.6 Å². The van der Waals surface area contributed by atoms with Crippen LogP contribution in [0.15, 0.2) is 61.2 Å².